The quantitative estimate of drug-likeness (QED) is 0.783. The van der Waals surface area contributed by atoms with Crippen LogP contribution in [0.1, 0.15) is 25.8 Å². The first-order valence-electron chi connectivity index (χ1n) is 6.74. The molecule has 1 aliphatic heterocycles. The molecule has 20 heavy (non-hydrogen) atoms. The van der Waals surface area contributed by atoms with Crippen molar-refractivity contribution in [2.45, 2.75) is 32.9 Å². The lowest BCUT2D eigenvalue weighted by Gasteiger charge is -2.18. The maximum atomic E-state index is 11.3. The monoisotopic (exact) mass is 280 g/mol. The predicted octanol–water partition coefficient (Wildman–Crippen LogP) is 1.17. The van der Waals surface area contributed by atoms with Crippen LogP contribution in [-0.2, 0) is 11.3 Å². The van der Waals surface area contributed by atoms with E-state index in [2.05, 4.69) is 5.32 Å². The Balaban J connectivity index is 2.26. The van der Waals surface area contributed by atoms with Gasteiger partial charge in [0.15, 0.2) is 17.6 Å². The Hall–Kier alpha value is -1.95. The van der Waals surface area contributed by atoms with Gasteiger partial charge >= 0.3 is 0 Å². The number of carbonyl (C=O) groups excluding carboxylic acids is 1. The van der Waals surface area contributed by atoms with E-state index >= 15 is 0 Å². The van der Waals surface area contributed by atoms with Gasteiger partial charge in [-0.05, 0) is 19.0 Å². The highest BCUT2D eigenvalue weighted by atomic mass is 16.7. The van der Waals surface area contributed by atoms with Gasteiger partial charge in [0.2, 0.25) is 6.79 Å². The molecule has 1 amide bonds. The molecule has 1 unspecified atom stereocenters. The van der Waals surface area contributed by atoms with E-state index in [0.717, 1.165) is 12.1 Å². The van der Waals surface area contributed by atoms with Crippen molar-refractivity contribution in [3.63, 3.8) is 0 Å². The maximum absolute atomic E-state index is 11.3. The standard InChI is InChI=1S/C14H20N2O4/c1-3-10(14(15)17)20-11-6-13-12(18-8-19-13)5-9(11)7-16-4-2/h5-6,10,16H,3-4,7-8H2,1-2H3,(H2,15,17). The van der Waals surface area contributed by atoms with E-state index in [1.54, 1.807) is 6.07 Å². The third-order valence-electron chi connectivity index (χ3n) is 3.08. The normalized spacial score (nSPS) is 14.1. The van der Waals surface area contributed by atoms with Crippen molar-refractivity contribution in [3.05, 3.63) is 17.7 Å². The predicted molar refractivity (Wildman–Crippen MR) is 73.8 cm³/mol. The van der Waals surface area contributed by atoms with E-state index < -0.39 is 12.0 Å². The average molecular weight is 280 g/mol. The van der Waals surface area contributed by atoms with E-state index in [1.165, 1.54) is 0 Å². The van der Waals surface area contributed by atoms with Gasteiger partial charge < -0.3 is 25.3 Å². The highest BCUT2D eigenvalue weighted by Gasteiger charge is 2.21. The summed E-state index contributed by atoms with van der Waals surface area (Å²) in [5.41, 5.74) is 6.24. The lowest BCUT2D eigenvalue weighted by Crippen LogP contribution is -2.33. The maximum Gasteiger partial charge on any atom is 0.258 e. The minimum Gasteiger partial charge on any atom is -0.480 e. The van der Waals surface area contributed by atoms with Crippen LogP contribution in [0, 0.1) is 0 Å². The number of fused-ring (bicyclic) bond motifs is 1. The number of amides is 1. The molecule has 1 aliphatic rings. The van der Waals surface area contributed by atoms with Crippen molar-refractivity contribution in [1.29, 1.82) is 0 Å². The van der Waals surface area contributed by atoms with Crippen LogP contribution in [-0.4, -0.2) is 25.3 Å². The summed E-state index contributed by atoms with van der Waals surface area (Å²) in [6.45, 7) is 5.53. The van der Waals surface area contributed by atoms with Gasteiger partial charge in [-0.2, -0.15) is 0 Å². The van der Waals surface area contributed by atoms with E-state index in [1.807, 2.05) is 19.9 Å². The third-order valence-corrected chi connectivity index (χ3v) is 3.08. The number of hydrogen-bond donors (Lipinski definition) is 2. The number of primary amides is 1. The minimum absolute atomic E-state index is 0.201. The highest BCUT2D eigenvalue weighted by Crippen LogP contribution is 2.38. The molecule has 0 spiro atoms. The van der Waals surface area contributed by atoms with Crippen molar-refractivity contribution in [1.82, 2.24) is 5.32 Å². The fraction of sp³-hybridized carbons (Fsp3) is 0.500. The molecule has 2 rings (SSSR count). The molecule has 110 valence electrons. The number of hydrogen-bond acceptors (Lipinski definition) is 5. The topological polar surface area (TPSA) is 82.8 Å². The Kier molecular flexibility index (Phi) is 4.68. The number of nitrogens with two attached hydrogens (primary N) is 1. The van der Waals surface area contributed by atoms with Crippen molar-refractivity contribution >= 4 is 5.91 Å². The van der Waals surface area contributed by atoms with Crippen LogP contribution in [0.25, 0.3) is 0 Å². The van der Waals surface area contributed by atoms with Crippen molar-refractivity contribution < 1.29 is 19.0 Å². The summed E-state index contributed by atoms with van der Waals surface area (Å²) >= 11 is 0. The van der Waals surface area contributed by atoms with Crippen molar-refractivity contribution in [2.24, 2.45) is 5.73 Å². The van der Waals surface area contributed by atoms with Crippen LogP contribution in [0.4, 0.5) is 0 Å². The Labute approximate surface area is 118 Å². The minimum atomic E-state index is -0.643. The molecule has 0 fully saturated rings. The second kappa shape index (κ2) is 6.47. The molecule has 1 aromatic carbocycles. The van der Waals surface area contributed by atoms with E-state index in [4.69, 9.17) is 19.9 Å². The third kappa shape index (κ3) is 3.14. The zero-order valence-electron chi connectivity index (χ0n) is 11.8. The summed E-state index contributed by atoms with van der Waals surface area (Å²) in [6, 6.07) is 3.62. The number of benzene rings is 1. The smallest absolute Gasteiger partial charge is 0.258 e. The fourth-order valence-electron chi connectivity index (χ4n) is 1.97. The van der Waals surface area contributed by atoms with Crippen LogP contribution in [0.5, 0.6) is 17.2 Å². The Morgan fingerprint density at radius 3 is 2.70 bits per heavy atom. The van der Waals surface area contributed by atoms with Crippen molar-refractivity contribution in [3.8, 4) is 17.2 Å². The lowest BCUT2D eigenvalue weighted by atomic mass is 10.1. The zero-order chi connectivity index (χ0) is 14.5. The first-order valence-corrected chi connectivity index (χ1v) is 6.74. The van der Waals surface area contributed by atoms with Crippen LogP contribution >= 0.6 is 0 Å². The Morgan fingerprint density at radius 1 is 1.40 bits per heavy atom. The number of nitrogens with one attached hydrogen (secondary N) is 1. The SMILES string of the molecule is CCNCc1cc2c(cc1OC(CC)C(N)=O)OCO2. The van der Waals surface area contributed by atoms with Crippen LogP contribution in [0.2, 0.25) is 0 Å². The molecule has 0 aromatic heterocycles. The molecule has 0 aliphatic carbocycles. The molecule has 6 nitrogen and oxygen atoms in total. The molecule has 1 aromatic rings. The summed E-state index contributed by atoms with van der Waals surface area (Å²) in [4.78, 5) is 11.3. The van der Waals surface area contributed by atoms with Gasteiger partial charge in [-0.15, -0.1) is 0 Å². The Bertz CT molecular complexity index is 490. The van der Waals surface area contributed by atoms with E-state index in [-0.39, 0.29) is 6.79 Å². The van der Waals surface area contributed by atoms with Crippen LogP contribution in [0.3, 0.4) is 0 Å². The molecule has 0 radical (unpaired) electrons. The average Bonchev–Trinajstić information content (AvgIpc) is 2.88. The van der Waals surface area contributed by atoms with Crippen LogP contribution in [0.15, 0.2) is 12.1 Å². The second-order valence-corrected chi connectivity index (χ2v) is 4.51. The van der Waals surface area contributed by atoms with Gasteiger partial charge in [-0.1, -0.05) is 13.8 Å². The number of carbonyl (C=O) groups is 1. The lowest BCUT2D eigenvalue weighted by molar-refractivity contribution is -0.124. The first-order chi connectivity index (χ1) is 9.65. The number of ether oxygens (including phenoxy) is 3. The zero-order valence-corrected chi connectivity index (χ0v) is 11.8. The molecule has 3 N–H and O–H groups in total. The van der Waals surface area contributed by atoms with Gasteiger partial charge in [0.05, 0.1) is 0 Å². The number of rotatable bonds is 7. The summed E-state index contributed by atoms with van der Waals surface area (Å²) in [5, 5.41) is 3.22. The van der Waals surface area contributed by atoms with E-state index in [0.29, 0.717) is 30.2 Å². The molecule has 1 heterocycles. The van der Waals surface area contributed by atoms with Gasteiger partial charge in [-0.25, -0.2) is 0 Å². The van der Waals surface area contributed by atoms with Gasteiger partial charge in [-0.3, -0.25) is 4.79 Å². The summed E-state index contributed by atoms with van der Waals surface area (Å²) in [7, 11) is 0. The highest BCUT2D eigenvalue weighted by molar-refractivity contribution is 5.79. The summed E-state index contributed by atoms with van der Waals surface area (Å²) in [6.07, 6.45) is -0.125. The molecule has 1 atom stereocenters. The molecular formula is C14H20N2O4. The van der Waals surface area contributed by atoms with Gasteiger partial charge in [0.1, 0.15) is 5.75 Å². The largest absolute Gasteiger partial charge is 0.480 e. The second-order valence-electron chi connectivity index (χ2n) is 4.51. The van der Waals surface area contributed by atoms with Crippen LogP contribution < -0.4 is 25.3 Å². The molecular weight excluding hydrogens is 260 g/mol. The Morgan fingerprint density at radius 2 is 2.10 bits per heavy atom. The molecule has 0 saturated heterocycles. The first kappa shape index (κ1) is 14.5. The fourth-order valence-corrected chi connectivity index (χ4v) is 1.97. The molecule has 0 saturated carbocycles. The summed E-state index contributed by atoms with van der Waals surface area (Å²) in [5.74, 6) is 1.44. The molecule has 6 heteroatoms. The van der Waals surface area contributed by atoms with Crippen molar-refractivity contribution in [2.75, 3.05) is 13.3 Å². The van der Waals surface area contributed by atoms with Gasteiger partial charge in [0.25, 0.3) is 5.91 Å². The summed E-state index contributed by atoms with van der Waals surface area (Å²) < 4.78 is 16.4. The molecule has 0 bridgehead atoms. The van der Waals surface area contributed by atoms with Gasteiger partial charge in [0, 0.05) is 18.2 Å². The van der Waals surface area contributed by atoms with E-state index in [9.17, 15) is 4.79 Å².